The summed E-state index contributed by atoms with van der Waals surface area (Å²) in [5, 5.41) is 20.3. The van der Waals surface area contributed by atoms with Crippen LogP contribution in [0.4, 0.5) is 8.78 Å². The van der Waals surface area contributed by atoms with E-state index in [1.165, 1.54) is 39.4 Å². The molecule has 6 aromatic rings. The molecule has 1 aliphatic rings. The van der Waals surface area contributed by atoms with Crippen LogP contribution in [-0.2, 0) is 24.9 Å². The maximum atomic E-state index is 14.3. The second-order valence-electron chi connectivity index (χ2n) is 13.4. The summed E-state index contributed by atoms with van der Waals surface area (Å²) in [7, 11) is -2.15. The van der Waals surface area contributed by atoms with Gasteiger partial charge in [0.05, 0.1) is 13.8 Å². The van der Waals surface area contributed by atoms with Crippen molar-refractivity contribution in [2.75, 3.05) is 0 Å². The molecule has 2 heterocycles. The van der Waals surface area contributed by atoms with Gasteiger partial charge in [-0.2, -0.15) is 0 Å². The third-order valence-electron chi connectivity index (χ3n) is 10.4. The van der Waals surface area contributed by atoms with Gasteiger partial charge in [-0.05, 0) is 76.2 Å². The van der Waals surface area contributed by atoms with Crippen LogP contribution in [0.3, 0.4) is 0 Å². The van der Waals surface area contributed by atoms with E-state index in [-0.39, 0.29) is 43.5 Å². The number of carbonyl (C=O) groups is 1. The number of ketones is 1. The van der Waals surface area contributed by atoms with Crippen molar-refractivity contribution >= 4 is 67.3 Å². The van der Waals surface area contributed by atoms with Gasteiger partial charge in [-0.15, -0.1) is 28.8 Å². The fraction of sp³-hybridized carbons (Fsp3) is 0.286. The minimum atomic E-state index is -2.15. The minimum absolute atomic E-state index is 0. The largest absolute Gasteiger partial charge is 0.512 e. The number of hydrogen-bond donors (Lipinski definition) is 1. The first kappa shape index (κ1) is 36.5. The van der Waals surface area contributed by atoms with Crippen LogP contribution in [0.1, 0.15) is 53.4 Å². The maximum absolute atomic E-state index is 14.3. The Morgan fingerprint density at radius 1 is 0.796 bits per heavy atom. The predicted molar refractivity (Wildman–Crippen MR) is 199 cm³/mol. The summed E-state index contributed by atoms with van der Waals surface area (Å²) in [6.07, 6.45) is 6.76. The molecule has 0 spiro atoms. The molecule has 0 fully saturated rings. The quantitative estimate of drug-likeness (QED) is 0.0572. The molecule has 7 heteroatoms. The third-order valence-corrected chi connectivity index (χ3v) is 13.8. The van der Waals surface area contributed by atoms with Gasteiger partial charge < -0.3 is 5.11 Å². The molecule has 49 heavy (non-hydrogen) atoms. The number of aliphatic hydroxyl groups excluding tert-OH is 1. The number of carbonyl (C=O) groups excluding carboxylic acids is 1. The van der Waals surface area contributed by atoms with Crippen molar-refractivity contribution in [2.45, 2.75) is 66.5 Å². The van der Waals surface area contributed by atoms with Crippen LogP contribution in [0, 0.1) is 29.5 Å². The van der Waals surface area contributed by atoms with Gasteiger partial charge >= 0.3 is 0 Å². The number of hydrogen-bond acceptors (Lipinski definition) is 3. The van der Waals surface area contributed by atoms with Gasteiger partial charge in [0.25, 0.3) is 0 Å². The Kier molecular flexibility index (Phi) is 10.9. The number of pyridine rings is 1. The van der Waals surface area contributed by atoms with Crippen molar-refractivity contribution in [3.05, 3.63) is 102 Å². The van der Waals surface area contributed by atoms with E-state index < -0.39 is 19.7 Å². The van der Waals surface area contributed by atoms with E-state index in [4.69, 9.17) is 4.98 Å². The molecular formula is C42H42F2IrNO2Si-. The summed E-state index contributed by atoms with van der Waals surface area (Å²) < 4.78 is 28.2. The molecule has 3 nitrogen and oxygen atoms in total. The summed E-state index contributed by atoms with van der Waals surface area (Å²) in [5.41, 5.74) is 2.05. The first-order valence-electron chi connectivity index (χ1n) is 17.1. The van der Waals surface area contributed by atoms with E-state index >= 15 is 0 Å². The summed E-state index contributed by atoms with van der Waals surface area (Å²) in [6, 6.07) is 25.1. The van der Waals surface area contributed by atoms with Crippen molar-refractivity contribution in [3.63, 3.8) is 0 Å². The molecule has 0 atom stereocenters. The molecule has 0 saturated heterocycles. The Morgan fingerprint density at radius 3 is 2.16 bits per heavy atom. The van der Waals surface area contributed by atoms with Crippen molar-refractivity contribution in [3.8, 4) is 11.3 Å². The van der Waals surface area contributed by atoms with E-state index in [0.717, 1.165) is 63.9 Å². The minimum Gasteiger partial charge on any atom is -0.512 e. The van der Waals surface area contributed by atoms with Crippen LogP contribution in [0.2, 0.25) is 13.1 Å². The first-order chi connectivity index (χ1) is 23.0. The summed E-state index contributed by atoms with van der Waals surface area (Å²) in [6.45, 7) is 12.8. The molecule has 0 unspecified atom stereocenters. The van der Waals surface area contributed by atoms with E-state index in [9.17, 15) is 18.7 Å². The molecule has 0 bridgehead atoms. The van der Waals surface area contributed by atoms with Crippen LogP contribution >= 0.6 is 0 Å². The van der Waals surface area contributed by atoms with Gasteiger partial charge in [-0.3, -0.25) is 9.78 Å². The molecule has 0 amide bonds. The normalized spacial score (nSPS) is 13.5. The van der Waals surface area contributed by atoms with Gasteiger partial charge in [-0.25, -0.2) is 8.78 Å². The number of aliphatic hydroxyl groups is 1. The van der Waals surface area contributed by atoms with E-state index in [2.05, 4.69) is 49.5 Å². The molecule has 1 aromatic heterocycles. The standard InChI is InChI=1S/C29H18F2NSi.C13H24O2.Ir/c1-33(2)26-13-17-6-4-3-5-16(17)11-23(26)29-28-20(9-10-32-29)19-8-7-18-12-24(30)25(31)14-21(18)22(19)15-27(28)33;1-5-10(6-2)12(14)9-13(15)11(7-3)8-4;/h3-10,12-15H,1-2H3;9-11,14H,5-8H2,1-4H3;/q-1;;/b;12-9-;. The topological polar surface area (TPSA) is 50.2 Å². The Morgan fingerprint density at radius 2 is 1.47 bits per heavy atom. The molecule has 1 N–H and O–H groups in total. The van der Waals surface area contributed by atoms with Crippen LogP contribution in [0.25, 0.3) is 54.3 Å². The third kappa shape index (κ3) is 6.49. The van der Waals surface area contributed by atoms with Gasteiger partial charge in [0.15, 0.2) is 17.4 Å². The van der Waals surface area contributed by atoms with Crippen molar-refractivity contribution < 1.29 is 38.8 Å². The number of nitrogens with zero attached hydrogens (tertiary/aromatic N) is 1. The molecular weight excluding hydrogens is 809 g/mol. The van der Waals surface area contributed by atoms with Crippen molar-refractivity contribution in [1.82, 2.24) is 4.98 Å². The van der Waals surface area contributed by atoms with Gasteiger partial charge in [-0.1, -0.05) is 93.3 Å². The number of fused-ring (bicyclic) bond motifs is 7. The van der Waals surface area contributed by atoms with Crippen LogP contribution in [0.15, 0.2) is 84.8 Å². The van der Waals surface area contributed by atoms with E-state index in [1.54, 1.807) is 0 Å². The number of allylic oxidation sites excluding steroid dienone is 2. The van der Waals surface area contributed by atoms with Gasteiger partial charge in [0.2, 0.25) is 0 Å². The second-order valence-corrected chi connectivity index (χ2v) is 17.8. The van der Waals surface area contributed by atoms with Crippen LogP contribution in [0.5, 0.6) is 0 Å². The maximum Gasteiger partial charge on any atom is 0.162 e. The fourth-order valence-electron chi connectivity index (χ4n) is 7.36. The molecule has 0 aliphatic carbocycles. The summed E-state index contributed by atoms with van der Waals surface area (Å²) in [5.74, 6) is -1.09. The van der Waals surface area contributed by atoms with Gasteiger partial charge in [0, 0.05) is 49.9 Å². The first-order valence-corrected chi connectivity index (χ1v) is 20.1. The Bertz CT molecular complexity index is 2240. The molecule has 255 valence electrons. The molecule has 1 radical (unpaired) electrons. The number of rotatable bonds is 7. The zero-order valence-electron chi connectivity index (χ0n) is 28.9. The molecule has 7 rings (SSSR count). The smallest absolute Gasteiger partial charge is 0.162 e. The van der Waals surface area contributed by atoms with Crippen molar-refractivity contribution in [1.29, 1.82) is 0 Å². The Balaban J connectivity index is 0.000000252. The summed E-state index contributed by atoms with van der Waals surface area (Å²) >= 11 is 0. The zero-order valence-corrected chi connectivity index (χ0v) is 32.3. The molecule has 0 saturated carbocycles. The fourth-order valence-corrected chi connectivity index (χ4v) is 10.4. The Hall–Kier alpha value is -3.77. The number of benzene rings is 5. The zero-order chi connectivity index (χ0) is 34.3. The second kappa shape index (κ2) is 14.6. The average Bonchev–Trinajstić information content (AvgIpc) is 3.08. The molecule has 5 aromatic carbocycles. The van der Waals surface area contributed by atoms with Crippen LogP contribution < -0.4 is 10.4 Å². The Labute approximate surface area is 301 Å². The van der Waals surface area contributed by atoms with Crippen LogP contribution in [-0.4, -0.2) is 23.9 Å². The van der Waals surface area contributed by atoms with Crippen molar-refractivity contribution in [2.24, 2.45) is 11.8 Å². The summed E-state index contributed by atoms with van der Waals surface area (Å²) in [4.78, 5) is 16.5. The van der Waals surface area contributed by atoms with E-state index in [1.807, 2.05) is 58.2 Å². The predicted octanol–water partition coefficient (Wildman–Crippen LogP) is 10.4. The number of aromatic nitrogens is 1. The van der Waals surface area contributed by atoms with E-state index in [0.29, 0.717) is 5.39 Å². The SMILES string of the molecule is CCC(CC)C(=O)/C=C(\O)C(CC)CC.C[Si]1(C)c2cc3ccccc3[c-]c2-c2nccc3c2c1cc1c2cc(F)c(F)cc2ccc31.[Ir]. The molecule has 1 aliphatic heterocycles. The average molecular weight is 851 g/mol. The monoisotopic (exact) mass is 851 g/mol. The van der Waals surface area contributed by atoms with Gasteiger partial charge in [0.1, 0.15) is 0 Å². The number of halogens is 2.